The summed E-state index contributed by atoms with van der Waals surface area (Å²) in [6, 6.07) is 17.5. The van der Waals surface area contributed by atoms with Crippen molar-refractivity contribution in [1.29, 1.82) is 0 Å². The van der Waals surface area contributed by atoms with Gasteiger partial charge in [0.1, 0.15) is 5.82 Å². The predicted molar refractivity (Wildman–Crippen MR) is 98.4 cm³/mol. The monoisotopic (exact) mass is 357 g/mol. The van der Waals surface area contributed by atoms with E-state index in [-0.39, 0.29) is 5.91 Å². The maximum Gasteiger partial charge on any atom is 0.259 e. The van der Waals surface area contributed by atoms with Crippen LogP contribution in [-0.4, -0.2) is 10.9 Å². The van der Waals surface area contributed by atoms with E-state index in [4.69, 9.17) is 23.2 Å². The minimum Gasteiger partial charge on any atom is -0.340 e. The zero-order chi connectivity index (χ0) is 16.9. The van der Waals surface area contributed by atoms with Crippen LogP contribution in [0, 0.1) is 0 Å². The van der Waals surface area contributed by atoms with E-state index in [0.717, 1.165) is 5.69 Å². The Labute approximate surface area is 149 Å². The fraction of sp³-hybridized carbons (Fsp3) is 0. The van der Waals surface area contributed by atoms with Crippen molar-refractivity contribution in [2.24, 2.45) is 0 Å². The highest BCUT2D eigenvalue weighted by molar-refractivity contribution is 6.31. The number of rotatable bonds is 4. The van der Waals surface area contributed by atoms with Gasteiger partial charge >= 0.3 is 0 Å². The van der Waals surface area contributed by atoms with Crippen LogP contribution in [0.1, 0.15) is 10.4 Å². The van der Waals surface area contributed by atoms with Crippen molar-refractivity contribution in [2.75, 3.05) is 10.6 Å². The number of pyridine rings is 1. The van der Waals surface area contributed by atoms with Crippen LogP contribution in [0.25, 0.3) is 0 Å². The zero-order valence-electron chi connectivity index (χ0n) is 12.5. The van der Waals surface area contributed by atoms with Crippen LogP contribution in [0.5, 0.6) is 0 Å². The molecule has 0 atom stereocenters. The molecule has 3 rings (SSSR count). The first kappa shape index (κ1) is 16.3. The Kier molecular flexibility index (Phi) is 4.99. The molecular weight excluding hydrogens is 345 g/mol. The molecule has 1 heterocycles. The Morgan fingerprint density at radius 1 is 0.833 bits per heavy atom. The molecule has 24 heavy (non-hydrogen) atoms. The lowest BCUT2D eigenvalue weighted by atomic mass is 10.2. The van der Waals surface area contributed by atoms with Gasteiger partial charge in [0.25, 0.3) is 5.91 Å². The zero-order valence-corrected chi connectivity index (χ0v) is 14.0. The van der Waals surface area contributed by atoms with E-state index in [1.165, 1.54) is 0 Å². The lowest BCUT2D eigenvalue weighted by Gasteiger charge is -2.11. The third-order valence-corrected chi connectivity index (χ3v) is 3.77. The van der Waals surface area contributed by atoms with Gasteiger partial charge in [-0.25, -0.2) is 4.98 Å². The third-order valence-electron chi connectivity index (χ3n) is 3.26. The smallest absolute Gasteiger partial charge is 0.259 e. The second-order valence-corrected chi connectivity index (χ2v) is 5.87. The number of anilines is 3. The first-order valence-corrected chi connectivity index (χ1v) is 7.92. The van der Waals surface area contributed by atoms with Gasteiger partial charge < -0.3 is 10.6 Å². The van der Waals surface area contributed by atoms with Crippen molar-refractivity contribution < 1.29 is 4.79 Å². The van der Waals surface area contributed by atoms with Crippen LogP contribution in [0.15, 0.2) is 66.9 Å². The van der Waals surface area contributed by atoms with Gasteiger partial charge in [-0.05, 0) is 60.7 Å². The number of carbonyl (C=O) groups is 1. The molecule has 0 aliphatic carbocycles. The van der Waals surface area contributed by atoms with Crippen LogP contribution in [-0.2, 0) is 0 Å². The topological polar surface area (TPSA) is 54.0 Å². The molecule has 0 radical (unpaired) electrons. The first-order chi connectivity index (χ1) is 11.6. The molecule has 0 fully saturated rings. The van der Waals surface area contributed by atoms with E-state index in [1.54, 1.807) is 54.7 Å². The molecule has 3 aromatic rings. The molecule has 0 unspecified atom stereocenters. The average molecular weight is 358 g/mol. The lowest BCUT2D eigenvalue weighted by Crippen LogP contribution is -2.14. The van der Waals surface area contributed by atoms with Crippen molar-refractivity contribution >= 4 is 46.3 Å². The fourth-order valence-electron chi connectivity index (χ4n) is 2.09. The molecule has 6 heteroatoms. The predicted octanol–water partition coefficient (Wildman–Crippen LogP) is 5.38. The SMILES string of the molecule is O=C(Nc1ccc(Cl)cc1)c1cccnc1Nc1ccc(Cl)cc1. The van der Waals surface area contributed by atoms with Crippen LogP contribution >= 0.6 is 23.2 Å². The van der Waals surface area contributed by atoms with E-state index in [2.05, 4.69) is 15.6 Å². The summed E-state index contributed by atoms with van der Waals surface area (Å²) in [6.45, 7) is 0. The Hall–Kier alpha value is -2.56. The van der Waals surface area contributed by atoms with Gasteiger partial charge in [-0.1, -0.05) is 23.2 Å². The largest absolute Gasteiger partial charge is 0.340 e. The summed E-state index contributed by atoms with van der Waals surface area (Å²) in [5.74, 6) is 0.202. The van der Waals surface area contributed by atoms with Gasteiger partial charge in [0, 0.05) is 27.6 Å². The quantitative estimate of drug-likeness (QED) is 0.658. The van der Waals surface area contributed by atoms with Gasteiger partial charge in [-0.3, -0.25) is 4.79 Å². The Morgan fingerprint density at radius 2 is 1.42 bits per heavy atom. The number of aromatic nitrogens is 1. The van der Waals surface area contributed by atoms with Crippen molar-refractivity contribution in [3.05, 3.63) is 82.5 Å². The minimum absolute atomic E-state index is 0.262. The van der Waals surface area contributed by atoms with Crippen molar-refractivity contribution in [2.45, 2.75) is 0 Å². The Morgan fingerprint density at radius 3 is 2.04 bits per heavy atom. The molecule has 0 spiro atoms. The van der Waals surface area contributed by atoms with Gasteiger partial charge in [0.05, 0.1) is 5.56 Å². The molecule has 0 saturated carbocycles. The van der Waals surface area contributed by atoms with E-state index in [1.807, 2.05) is 12.1 Å². The molecule has 2 N–H and O–H groups in total. The summed E-state index contributed by atoms with van der Waals surface area (Å²) in [6.07, 6.45) is 1.62. The lowest BCUT2D eigenvalue weighted by molar-refractivity contribution is 0.102. The number of nitrogens with one attached hydrogen (secondary N) is 2. The van der Waals surface area contributed by atoms with Crippen LogP contribution in [0.3, 0.4) is 0 Å². The standard InChI is InChI=1S/C18H13Cl2N3O/c19-12-3-7-14(8-4-12)22-17-16(2-1-11-21-17)18(24)23-15-9-5-13(20)6-10-15/h1-11H,(H,21,22)(H,23,24). The molecule has 0 aliphatic heterocycles. The second-order valence-electron chi connectivity index (χ2n) is 4.99. The molecule has 120 valence electrons. The van der Waals surface area contributed by atoms with Gasteiger partial charge in [0.2, 0.25) is 0 Å². The van der Waals surface area contributed by atoms with Gasteiger partial charge in [-0.2, -0.15) is 0 Å². The molecule has 1 aromatic heterocycles. The fourth-order valence-corrected chi connectivity index (χ4v) is 2.34. The molecular formula is C18H13Cl2N3O. The van der Waals surface area contributed by atoms with E-state index < -0.39 is 0 Å². The summed E-state index contributed by atoms with van der Waals surface area (Å²) in [5.41, 5.74) is 1.88. The average Bonchev–Trinajstić information content (AvgIpc) is 2.59. The first-order valence-electron chi connectivity index (χ1n) is 7.16. The molecule has 0 bridgehead atoms. The Balaban J connectivity index is 1.81. The second kappa shape index (κ2) is 7.34. The third kappa shape index (κ3) is 4.04. The number of carbonyl (C=O) groups excluding carboxylic acids is 1. The van der Waals surface area contributed by atoms with E-state index >= 15 is 0 Å². The number of amides is 1. The number of hydrogen-bond acceptors (Lipinski definition) is 3. The maximum atomic E-state index is 12.5. The van der Waals surface area contributed by atoms with Crippen molar-refractivity contribution in [3.63, 3.8) is 0 Å². The highest BCUT2D eigenvalue weighted by atomic mass is 35.5. The van der Waals surface area contributed by atoms with Gasteiger partial charge in [-0.15, -0.1) is 0 Å². The summed E-state index contributed by atoms with van der Waals surface area (Å²) in [7, 11) is 0. The van der Waals surface area contributed by atoms with E-state index in [0.29, 0.717) is 27.1 Å². The van der Waals surface area contributed by atoms with Crippen LogP contribution in [0.4, 0.5) is 17.2 Å². The highest BCUT2D eigenvalue weighted by Gasteiger charge is 2.12. The Bertz CT molecular complexity index is 849. The molecule has 0 saturated heterocycles. The summed E-state index contributed by atoms with van der Waals surface area (Å²) in [5, 5.41) is 7.20. The molecule has 4 nitrogen and oxygen atoms in total. The number of hydrogen-bond donors (Lipinski definition) is 2. The summed E-state index contributed by atoms with van der Waals surface area (Å²) in [4.78, 5) is 16.8. The van der Waals surface area contributed by atoms with Crippen molar-refractivity contribution in [3.8, 4) is 0 Å². The van der Waals surface area contributed by atoms with Crippen molar-refractivity contribution in [1.82, 2.24) is 4.98 Å². The van der Waals surface area contributed by atoms with E-state index in [9.17, 15) is 4.79 Å². The highest BCUT2D eigenvalue weighted by Crippen LogP contribution is 2.21. The number of halogens is 2. The normalized spacial score (nSPS) is 10.2. The number of nitrogens with zero attached hydrogens (tertiary/aromatic N) is 1. The summed E-state index contributed by atoms with van der Waals surface area (Å²) < 4.78 is 0. The maximum absolute atomic E-state index is 12.5. The molecule has 1 amide bonds. The van der Waals surface area contributed by atoms with Gasteiger partial charge in [0.15, 0.2) is 0 Å². The minimum atomic E-state index is -0.262. The number of benzene rings is 2. The molecule has 2 aromatic carbocycles. The summed E-state index contributed by atoms with van der Waals surface area (Å²) >= 11 is 11.7. The van der Waals surface area contributed by atoms with Crippen LogP contribution < -0.4 is 10.6 Å². The molecule has 0 aliphatic rings. The van der Waals surface area contributed by atoms with Crippen LogP contribution in [0.2, 0.25) is 10.0 Å².